The lowest BCUT2D eigenvalue weighted by molar-refractivity contribution is -0.146. The van der Waals surface area contributed by atoms with Crippen molar-refractivity contribution in [3.05, 3.63) is 0 Å². The van der Waals surface area contributed by atoms with Gasteiger partial charge in [-0.15, -0.1) is 0 Å². The smallest absolute Gasteiger partial charge is 0.140 e. The summed E-state index contributed by atoms with van der Waals surface area (Å²) >= 11 is 0. The van der Waals surface area contributed by atoms with Crippen molar-refractivity contribution < 1.29 is 9.59 Å². The zero-order chi connectivity index (χ0) is 11.2. The van der Waals surface area contributed by atoms with Crippen molar-refractivity contribution in [3.8, 4) is 0 Å². The van der Waals surface area contributed by atoms with E-state index in [1.54, 1.807) is 0 Å². The van der Waals surface area contributed by atoms with Crippen LogP contribution in [0, 0.1) is 17.3 Å². The Labute approximate surface area is 96.8 Å². The summed E-state index contributed by atoms with van der Waals surface area (Å²) < 4.78 is 0. The van der Waals surface area contributed by atoms with Crippen molar-refractivity contribution in [2.24, 2.45) is 17.3 Å². The zero-order valence-electron chi connectivity index (χ0n) is 9.84. The standard InChI is InChI=1S/C14H20O2/c15-12-8-7-10-4-1-2-6-13(16)14(10)9-3-5-11(12)14/h10-11H,1-9H2/t10-,11-,14-/m0/s1. The zero-order valence-corrected chi connectivity index (χ0v) is 9.84. The van der Waals surface area contributed by atoms with E-state index in [1.165, 1.54) is 12.8 Å². The van der Waals surface area contributed by atoms with Crippen LogP contribution in [0.15, 0.2) is 0 Å². The second-order valence-corrected chi connectivity index (χ2v) is 5.86. The second kappa shape index (κ2) is 3.68. The molecule has 3 saturated carbocycles. The van der Waals surface area contributed by atoms with Crippen LogP contribution in [0.1, 0.15) is 57.8 Å². The molecule has 0 aromatic rings. The van der Waals surface area contributed by atoms with Gasteiger partial charge in [0.2, 0.25) is 0 Å². The first-order valence-electron chi connectivity index (χ1n) is 6.81. The Hall–Kier alpha value is -0.660. The van der Waals surface area contributed by atoms with E-state index < -0.39 is 0 Å². The second-order valence-electron chi connectivity index (χ2n) is 5.86. The van der Waals surface area contributed by atoms with E-state index in [0.29, 0.717) is 17.5 Å². The van der Waals surface area contributed by atoms with Crippen LogP contribution in [-0.4, -0.2) is 11.6 Å². The predicted octanol–water partition coefficient (Wildman–Crippen LogP) is 2.90. The van der Waals surface area contributed by atoms with Crippen molar-refractivity contribution >= 4 is 11.6 Å². The molecule has 3 rings (SSSR count). The average Bonchev–Trinajstić information content (AvgIpc) is 2.66. The molecule has 2 heteroatoms. The fraction of sp³-hybridized carbons (Fsp3) is 0.857. The van der Waals surface area contributed by atoms with Crippen molar-refractivity contribution in [2.75, 3.05) is 0 Å². The molecule has 3 atom stereocenters. The van der Waals surface area contributed by atoms with Crippen LogP contribution < -0.4 is 0 Å². The molecule has 3 aliphatic carbocycles. The summed E-state index contributed by atoms with van der Waals surface area (Å²) in [5.41, 5.74) is -0.189. The number of hydrogen-bond donors (Lipinski definition) is 0. The third-order valence-corrected chi connectivity index (χ3v) is 5.29. The van der Waals surface area contributed by atoms with Crippen LogP contribution in [0.5, 0.6) is 0 Å². The molecule has 0 aromatic heterocycles. The molecule has 0 heterocycles. The highest BCUT2D eigenvalue weighted by atomic mass is 16.1. The van der Waals surface area contributed by atoms with Gasteiger partial charge in [-0.2, -0.15) is 0 Å². The maximum atomic E-state index is 12.4. The minimum Gasteiger partial charge on any atom is -0.299 e. The Balaban J connectivity index is 2.03. The molecule has 0 aliphatic heterocycles. The molecule has 88 valence electrons. The maximum Gasteiger partial charge on any atom is 0.140 e. The first-order chi connectivity index (χ1) is 7.75. The molecule has 3 aliphatic rings. The molecule has 2 nitrogen and oxygen atoms in total. The molecule has 0 N–H and O–H groups in total. The van der Waals surface area contributed by atoms with E-state index >= 15 is 0 Å². The molecule has 1 spiro atoms. The van der Waals surface area contributed by atoms with Gasteiger partial charge in [-0.1, -0.05) is 12.8 Å². The highest BCUT2D eigenvalue weighted by Crippen LogP contribution is 2.57. The number of Topliss-reactive ketones (excluding diaryl/α,β-unsaturated/α-hetero) is 2. The number of hydrogen-bond acceptors (Lipinski definition) is 2. The van der Waals surface area contributed by atoms with Crippen LogP contribution in [0.3, 0.4) is 0 Å². The minimum atomic E-state index is -0.189. The molecule has 0 aromatic carbocycles. The Bertz CT molecular complexity index is 334. The maximum absolute atomic E-state index is 12.4. The largest absolute Gasteiger partial charge is 0.299 e. The fourth-order valence-corrected chi connectivity index (χ4v) is 4.59. The van der Waals surface area contributed by atoms with Gasteiger partial charge in [-0.3, -0.25) is 9.59 Å². The first-order valence-corrected chi connectivity index (χ1v) is 6.81. The van der Waals surface area contributed by atoms with Crippen LogP contribution in [0.4, 0.5) is 0 Å². The van der Waals surface area contributed by atoms with E-state index in [2.05, 4.69) is 0 Å². The Kier molecular flexibility index (Phi) is 2.41. The number of carbonyl (C=O) groups excluding carboxylic acids is 2. The summed E-state index contributed by atoms with van der Waals surface area (Å²) in [6.07, 6.45) is 8.99. The van der Waals surface area contributed by atoms with Crippen LogP contribution in [0.2, 0.25) is 0 Å². The SMILES string of the molecule is O=C1CC[C@@H]2CCCCC(=O)[C@@]23CCC[C@@H]13. The number of ketones is 2. The van der Waals surface area contributed by atoms with E-state index in [9.17, 15) is 9.59 Å². The monoisotopic (exact) mass is 220 g/mol. The summed E-state index contributed by atoms with van der Waals surface area (Å²) in [5, 5.41) is 0. The minimum absolute atomic E-state index is 0.108. The Morgan fingerprint density at radius 2 is 1.81 bits per heavy atom. The highest BCUT2D eigenvalue weighted by Gasteiger charge is 2.57. The van der Waals surface area contributed by atoms with Gasteiger partial charge < -0.3 is 0 Å². The summed E-state index contributed by atoms with van der Waals surface area (Å²) in [6, 6.07) is 0. The van der Waals surface area contributed by atoms with Crippen LogP contribution in [0.25, 0.3) is 0 Å². The van der Waals surface area contributed by atoms with Crippen LogP contribution in [-0.2, 0) is 9.59 Å². The molecule has 16 heavy (non-hydrogen) atoms. The van der Waals surface area contributed by atoms with Gasteiger partial charge in [0, 0.05) is 24.2 Å². The molecular formula is C14H20O2. The van der Waals surface area contributed by atoms with Crippen molar-refractivity contribution in [1.29, 1.82) is 0 Å². The van der Waals surface area contributed by atoms with Gasteiger partial charge in [-0.05, 0) is 38.0 Å². The third-order valence-electron chi connectivity index (χ3n) is 5.29. The number of rotatable bonds is 0. The normalized spacial score (nSPS) is 43.8. The van der Waals surface area contributed by atoms with Gasteiger partial charge >= 0.3 is 0 Å². The predicted molar refractivity (Wildman–Crippen MR) is 61.0 cm³/mol. The lowest BCUT2D eigenvalue weighted by Gasteiger charge is -2.43. The molecule has 0 amide bonds. The summed E-state index contributed by atoms with van der Waals surface area (Å²) in [5.74, 6) is 1.47. The average molecular weight is 220 g/mol. The fourth-order valence-electron chi connectivity index (χ4n) is 4.59. The van der Waals surface area contributed by atoms with Crippen LogP contribution >= 0.6 is 0 Å². The summed E-state index contributed by atoms with van der Waals surface area (Å²) in [4.78, 5) is 24.5. The van der Waals surface area contributed by atoms with Gasteiger partial charge in [0.05, 0.1) is 0 Å². The summed E-state index contributed by atoms with van der Waals surface area (Å²) in [7, 11) is 0. The molecule has 0 unspecified atom stereocenters. The van der Waals surface area contributed by atoms with Crippen molar-refractivity contribution in [2.45, 2.75) is 57.8 Å². The number of carbonyl (C=O) groups is 2. The molecule has 3 fully saturated rings. The third kappa shape index (κ3) is 1.25. The van der Waals surface area contributed by atoms with E-state index in [0.717, 1.165) is 44.9 Å². The quantitative estimate of drug-likeness (QED) is 0.629. The highest BCUT2D eigenvalue weighted by molar-refractivity contribution is 5.95. The molecular weight excluding hydrogens is 200 g/mol. The Morgan fingerprint density at radius 1 is 0.938 bits per heavy atom. The van der Waals surface area contributed by atoms with Gasteiger partial charge in [0.1, 0.15) is 11.6 Å². The molecule has 0 saturated heterocycles. The molecule has 0 bridgehead atoms. The van der Waals surface area contributed by atoms with Gasteiger partial charge in [-0.25, -0.2) is 0 Å². The van der Waals surface area contributed by atoms with Crippen molar-refractivity contribution in [1.82, 2.24) is 0 Å². The van der Waals surface area contributed by atoms with Gasteiger partial charge in [0.15, 0.2) is 0 Å². The Morgan fingerprint density at radius 3 is 2.69 bits per heavy atom. The molecule has 0 radical (unpaired) electrons. The lowest BCUT2D eigenvalue weighted by atomic mass is 9.58. The van der Waals surface area contributed by atoms with Gasteiger partial charge in [0.25, 0.3) is 0 Å². The first kappa shape index (κ1) is 10.5. The lowest BCUT2D eigenvalue weighted by Crippen LogP contribution is -2.47. The van der Waals surface area contributed by atoms with E-state index in [4.69, 9.17) is 0 Å². The summed E-state index contributed by atoms with van der Waals surface area (Å²) in [6.45, 7) is 0. The van der Waals surface area contributed by atoms with Crippen molar-refractivity contribution in [3.63, 3.8) is 0 Å². The van der Waals surface area contributed by atoms with E-state index in [-0.39, 0.29) is 11.3 Å². The topological polar surface area (TPSA) is 34.1 Å². The van der Waals surface area contributed by atoms with E-state index in [1.807, 2.05) is 0 Å².